The Morgan fingerprint density at radius 3 is 2.65 bits per heavy atom. The number of hydrogen-bond donors (Lipinski definition) is 0. The Balaban J connectivity index is 2.02. The summed E-state index contributed by atoms with van der Waals surface area (Å²) in [6.45, 7) is 6.45. The van der Waals surface area contributed by atoms with Crippen molar-refractivity contribution in [1.29, 1.82) is 0 Å². The zero-order valence-electron chi connectivity index (χ0n) is 12.0. The summed E-state index contributed by atoms with van der Waals surface area (Å²) in [4.78, 5) is 5.42. The molecule has 0 atom stereocenters. The van der Waals surface area contributed by atoms with E-state index in [1.54, 1.807) is 0 Å². The smallest absolute Gasteiger partial charge is 0.142 e. The highest BCUT2D eigenvalue weighted by atomic mass is 35.5. The van der Waals surface area contributed by atoms with E-state index >= 15 is 0 Å². The molecule has 0 aromatic heterocycles. The minimum atomic E-state index is 0.478. The molecule has 104 valence electrons. The summed E-state index contributed by atoms with van der Waals surface area (Å²) >= 11 is 6.01. The SMILES string of the molecule is CC(=NOCc1cccc(C)c1)c1ccc(Cl)c(C)c1. The Kier molecular flexibility index (Phi) is 4.80. The first kappa shape index (κ1) is 14.6. The van der Waals surface area contributed by atoms with Crippen molar-refractivity contribution < 1.29 is 4.84 Å². The fourth-order valence-corrected chi connectivity index (χ4v) is 2.05. The van der Waals surface area contributed by atoms with Gasteiger partial charge >= 0.3 is 0 Å². The van der Waals surface area contributed by atoms with Crippen LogP contribution in [0.5, 0.6) is 0 Å². The van der Waals surface area contributed by atoms with Gasteiger partial charge in [0.15, 0.2) is 0 Å². The molecule has 0 spiro atoms. The third-order valence-electron chi connectivity index (χ3n) is 3.09. The van der Waals surface area contributed by atoms with E-state index in [2.05, 4.69) is 24.2 Å². The van der Waals surface area contributed by atoms with E-state index in [-0.39, 0.29) is 0 Å². The maximum atomic E-state index is 6.01. The predicted molar refractivity (Wildman–Crippen MR) is 84.4 cm³/mol. The monoisotopic (exact) mass is 287 g/mol. The van der Waals surface area contributed by atoms with E-state index in [9.17, 15) is 0 Å². The third kappa shape index (κ3) is 3.84. The average Bonchev–Trinajstić information content (AvgIpc) is 2.42. The van der Waals surface area contributed by atoms with E-state index in [1.807, 2.05) is 44.2 Å². The minimum absolute atomic E-state index is 0.478. The standard InChI is InChI=1S/C17H18ClNO/c1-12-5-4-6-15(9-12)11-20-19-14(3)16-7-8-17(18)13(2)10-16/h4-10H,11H2,1-3H3. The Bertz CT molecular complexity index is 635. The number of rotatable bonds is 4. The van der Waals surface area contributed by atoms with Crippen molar-refractivity contribution in [3.05, 3.63) is 69.7 Å². The molecule has 0 saturated heterocycles. The van der Waals surface area contributed by atoms with E-state index < -0.39 is 0 Å². The van der Waals surface area contributed by atoms with Gasteiger partial charge < -0.3 is 4.84 Å². The molecule has 2 aromatic carbocycles. The number of nitrogens with zero attached hydrogens (tertiary/aromatic N) is 1. The maximum absolute atomic E-state index is 6.01. The van der Waals surface area contributed by atoms with E-state index in [0.717, 1.165) is 27.4 Å². The lowest BCUT2D eigenvalue weighted by Crippen LogP contribution is -1.97. The van der Waals surface area contributed by atoms with Crippen molar-refractivity contribution in [1.82, 2.24) is 0 Å². The van der Waals surface area contributed by atoms with Crippen LogP contribution in [0.15, 0.2) is 47.6 Å². The molecule has 3 heteroatoms. The molecule has 2 nitrogen and oxygen atoms in total. The highest BCUT2D eigenvalue weighted by Gasteiger charge is 2.01. The van der Waals surface area contributed by atoms with E-state index in [4.69, 9.17) is 16.4 Å². The van der Waals surface area contributed by atoms with Gasteiger partial charge in [-0.25, -0.2) is 0 Å². The summed E-state index contributed by atoms with van der Waals surface area (Å²) < 4.78 is 0. The van der Waals surface area contributed by atoms with Gasteiger partial charge in [0.05, 0.1) is 5.71 Å². The molecule has 0 fully saturated rings. The normalized spacial score (nSPS) is 11.5. The van der Waals surface area contributed by atoms with Crippen LogP contribution in [0.1, 0.15) is 29.2 Å². The van der Waals surface area contributed by atoms with Gasteiger partial charge in [-0.3, -0.25) is 0 Å². The topological polar surface area (TPSA) is 21.6 Å². The van der Waals surface area contributed by atoms with Crippen molar-refractivity contribution in [2.75, 3.05) is 0 Å². The second-order valence-electron chi connectivity index (χ2n) is 4.90. The molecule has 0 aliphatic rings. The number of benzene rings is 2. The van der Waals surface area contributed by atoms with Crippen LogP contribution >= 0.6 is 11.6 Å². The van der Waals surface area contributed by atoms with Gasteiger partial charge in [-0.2, -0.15) is 0 Å². The molecular formula is C17H18ClNO. The van der Waals surface area contributed by atoms with Crippen LogP contribution < -0.4 is 0 Å². The van der Waals surface area contributed by atoms with Crippen molar-refractivity contribution >= 4 is 17.3 Å². The fraction of sp³-hybridized carbons (Fsp3) is 0.235. The first-order chi connectivity index (χ1) is 9.56. The molecule has 0 unspecified atom stereocenters. The van der Waals surface area contributed by atoms with Gasteiger partial charge in [0, 0.05) is 5.02 Å². The van der Waals surface area contributed by atoms with Crippen LogP contribution in [-0.2, 0) is 11.4 Å². The zero-order valence-corrected chi connectivity index (χ0v) is 12.7. The van der Waals surface area contributed by atoms with Crippen LogP contribution in [0, 0.1) is 13.8 Å². The van der Waals surface area contributed by atoms with Crippen molar-refractivity contribution in [3.8, 4) is 0 Å². The van der Waals surface area contributed by atoms with Gasteiger partial charge in [-0.1, -0.05) is 52.7 Å². The Morgan fingerprint density at radius 2 is 1.95 bits per heavy atom. The van der Waals surface area contributed by atoms with Crippen LogP contribution in [0.25, 0.3) is 0 Å². The predicted octanol–water partition coefficient (Wildman–Crippen LogP) is 4.90. The van der Waals surface area contributed by atoms with Gasteiger partial charge in [-0.05, 0) is 49.6 Å². The molecule has 0 bridgehead atoms. The number of halogens is 1. The first-order valence-corrected chi connectivity index (χ1v) is 6.92. The van der Waals surface area contributed by atoms with E-state index in [0.29, 0.717) is 6.61 Å². The average molecular weight is 288 g/mol. The van der Waals surface area contributed by atoms with Gasteiger partial charge in [0.1, 0.15) is 6.61 Å². The Labute approximate surface area is 125 Å². The Morgan fingerprint density at radius 1 is 1.15 bits per heavy atom. The quantitative estimate of drug-likeness (QED) is 0.579. The molecule has 20 heavy (non-hydrogen) atoms. The molecular weight excluding hydrogens is 270 g/mol. The van der Waals surface area contributed by atoms with Gasteiger partial charge in [0.2, 0.25) is 0 Å². The minimum Gasteiger partial charge on any atom is -0.391 e. The molecule has 0 amide bonds. The van der Waals surface area contributed by atoms with Crippen molar-refractivity contribution in [3.63, 3.8) is 0 Å². The lowest BCUT2D eigenvalue weighted by molar-refractivity contribution is 0.130. The van der Waals surface area contributed by atoms with Crippen LogP contribution in [0.2, 0.25) is 5.02 Å². The summed E-state index contributed by atoms with van der Waals surface area (Å²) in [6, 6.07) is 14.1. The summed E-state index contributed by atoms with van der Waals surface area (Å²) in [5, 5.41) is 4.93. The molecule has 0 aliphatic carbocycles. The first-order valence-electron chi connectivity index (χ1n) is 6.55. The molecule has 2 rings (SSSR count). The molecule has 0 radical (unpaired) electrons. The summed E-state index contributed by atoms with van der Waals surface area (Å²) in [5.74, 6) is 0. The van der Waals surface area contributed by atoms with Crippen molar-refractivity contribution in [2.45, 2.75) is 27.4 Å². The number of hydrogen-bond acceptors (Lipinski definition) is 2. The second kappa shape index (κ2) is 6.58. The molecule has 0 N–H and O–H groups in total. The molecule has 0 heterocycles. The molecule has 2 aromatic rings. The lowest BCUT2D eigenvalue weighted by atomic mass is 10.1. The number of oxime groups is 1. The maximum Gasteiger partial charge on any atom is 0.142 e. The highest BCUT2D eigenvalue weighted by Crippen LogP contribution is 2.17. The van der Waals surface area contributed by atoms with Gasteiger partial charge in [0.25, 0.3) is 0 Å². The lowest BCUT2D eigenvalue weighted by Gasteiger charge is -2.05. The van der Waals surface area contributed by atoms with Crippen LogP contribution in [0.4, 0.5) is 0 Å². The zero-order chi connectivity index (χ0) is 14.5. The van der Waals surface area contributed by atoms with Crippen LogP contribution in [0.3, 0.4) is 0 Å². The summed E-state index contributed by atoms with van der Waals surface area (Å²) in [7, 11) is 0. The fourth-order valence-electron chi connectivity index (χ4n) is 1.93. The van der Waals surface area contributed by atoms with Crippen molar-refractivity contribution in [2.24, 2.45) is 5.16 Å². The highest BCUT2D eigenvalue weighted by molar-refractivity contribution is 6.31. The Hall–Kier alpha value is -1.80. The van der Waals surface area contributed by atoms with Crippen LogP contribution in [-0.4, -0.2) is 5.71 Å². The summed E-state index contributed by atoms with van der Waals surface area (Å²) in [5.41, 5.74) is 5.25. The molecule has 0 saturated carbocycles. The third-order valence-corrected chi connectivity index (χ3v) is 3.51. The molecule has 0 aliphatic heterocycles. The summed E-state index contributed by atoms with van der Waals surface area (Å²) in [6.07, 6.45) is 0. The van der Waals surface area contributed by atoms with Gasteiger partial charge in [-0.15, -0.1) is 0 Å². The second-order valence-corrected chi connectivity index (χ2v) is 5.31. The number of aryl methyl sites for hydroxylation is 2. The van der Waals surface area contributed by atoms with E-state index in [1.165, 1.54) is 5.56 Å². The largest absolute Gasteiger partial charge is 0.391 e.